The van der Waals surface area contributed by atoms with E-state index in [1.54, 1.807) is 0 Å². The van der Waals surface area contributed by atoms with Crippen molar-refractivity contribution in [2.75, 3.05) is 7.05 Å². The molecule has 0 radical (unpaired) electrons. The quantitative estimate of drug-likeness (QED) is 0.863. The Kier molecular flexibility index (Phi) is 3.28. The first kappa shape index (κ1) is 11.9. The molecule has 0 saturated carbocycles. The summed E-state index contributed by atoms with van der Waals surface area (Å²) in [5.74, 6) is 2.16. The Morgan fingerprint density at radius 3 is 2.82 bits per heavy atom. The van der Waals surface area contributed by atoms with Gasteiger partial charge in [-0.1, -0.05) is 6.92 Å². The molecule has 2 heterocycles. The van der Waals surface area contributed by atoms with E-state index in [1.807, 2.05) is 38.1 Å². The molecule has 0 spiro atoms. The number of imidazole rings is 1. The summed E-state index contributed by atoms with van der Waals surface area (Å²) in [6.07, 6.45) is 4.75. The molecule has 5 nitrogen and oxygen atoms in total. The van der Waals surface area contributed by atoms with Crippen LogP contribution in [0.4, 0.5) is 0 Å². The maximum Gasteiger partial charge on any atom is 0.140 e. The van der Waals surface area contributed by atoms with Gasteiger partial charge in [0.15, 0.2) is 0 Å². The fourth-order valence-corrected chi connectivity index (χ4v) is 2.16. The average molecular weight is 233 g/mol. The summed E-state index contributed by atoms with van der Waals surface area (Å²) in [5.41, 5.74) is 2.29. The SMILES string of the molecule is CCc1nccn1-c1c(CNC)c(C)nn1C. The third-order valence-corrected chi connectivity index (χ3v) is 2.93. The zero-order valence-electron chi connectivity index (χ0n) is 10.9. The van der Waals surface area contributed by atoms with E-state index < -0.39 is 0 Å². The third-order valence-electron chi connectivity index (χ3n) is 2.93. The highest BCUT2D eigenvalue weighted by Crippen LogP contribution is 2.19. The number of aromatic nitrogens is 4. The average Bonchev–Trinajstić information content (AvgIpc) is 2.85. The summed E-state index contributed by atoms with van der Waals surface area (Å²) in [4.78, 5) is 4.36. The van der Waals surface area contributed by atoms with E-state index in [2.05, 4.69) is 26.9 Å². The van der Waals surface area contributed by atoms with E-state index in [-0.39, 0.29) is 0 Å². The van der Waals surface area contributed by atoms with Gasteiger partial charge in [-0.05, 0) is 14.0 Å². The van der Waals surface area contributed by atoms with Gasteiger partial charge in [0.25, 0.3) is 0 Å². The molecule has 0 fully saturated rings. The molecule has 0 amide bonds. The molecule has 0 atom stereocenters. The monoisotopic (exact) mass is 233 g/mol. The minimum atomic E-state index is 0.816. The maximum atomic E-state index is 4.49. The largest absolute Gasteiger partial charge is 0.315 e. The van der Waals surface area contributed by atoms with Gasteiger partial charge in [0.1, 0.15) is 11.6 Å². The number of hydrogen-bond acceptors (Lipinski definition) is 3. The zero-order valence-corrected chi connectivity index (χ0v) is 10.9. The van der Waals surface area contributed by atoms with E-state index in [0.29, 0.717) is 0 Å². The Hall–Kier alpha value is -1.62. The first-order valence-corrected chi connectivity index (χ1v) is 5.88. The van der Waals surface area contributed by atoms with E-state index >= 15 is 0 Å². The van der Waals surface area contributed by atoms with Gasteiger partial charge in [-0.25, -0.2) is 4.98 Å². The van der Waals surface area contributed by atoms with Crippen LogP contribution >= 0.6 is 0 Å². The second-order valence-corrected chi connectivity index (χ2v) is 4.11. The first-order chi connectivity index (χ1) is 8.19. The minimum Gasteiger partial charge on any atom is -0.315 e. The lowest BCUT2D eigenvalue weighted by Gasteiger charge is -2.10. The van der Waals surface area contributed by atoms with E-state index in [1.165, 1.54) is 5.56 Å². The van der Waals surface area contributed by atoms with Gasteiger partial charge in [-0.15, -0.1) is 0 Å². The lowest BCUT2D eigenvalue weighted by molar-refractivity contribution is 0.703. The molecule has 92 valence electrons. The van der Waals surface area contributed by atoms with Crippen molar-refractivity contribution in [2.24, 2.45) is 7.05 Å². The van der Waals surface area contributed by atoms with Crippen molar-refractivity contribution < 1.29 is 0 Å². The molecule has 0 unspecified atom stereocenters. The Morgan fingerprint density at radius 2 is 2.18 bits per heavy atom. The van der Waals surface area contributed by atoms with Gasteiger partial charge in [0.2, 0.25) is 0 Å². The van der Waals surface area contributed by atoms with Crippen molar-refractivity contribution in [3.8, 4) is 5.82 Å². The molecule has 0 aliphatic carbocycles. The predicted octanol–water partition coefficient (Wildman–Crippen LogP) is 1.20. The van der Waals surface area contributed by atoms with Crippen LogP contribution < -0.4 is 5.32 Å². The van der Waals surface area contributed by atoms with Crippen LogP contribution in [-0.4, -0.2) is 26.4 Å². The highest BCUT2D eigenvalue weighted by molar-refractivity contribution is 5.39. The van der Waals surface area contributed by atoms with Crippen molar-refractivity contribution in [3.63, 3.8) is 0 Å². The van der Waals surface area contributed by atoms with E-state index in [9.17, 15) is 0 Å². The number of hydrogen-bond donors (Lipinski definition) is 1. The number of nitrogens with one attached hydrogen (secondary N) is 1. The Labute approximate surface area is 101 Å². The lowest BCUT2D eigenvalue weighted by Crippen LogP contribution is -2.12. The molecule has 0 saturated heterocycles. The van der Waals surface area contributed by atoms with Gasteiger partial charge in [-0.3, -0.25) is 9.25 Å². The molecule has 1 N–H and O–H groups in total. The topological polar surface area (TPSA) is 47.7 Å². The fourth-order valence-electron chi connectivity index (χ4n) is 2.16. The van der Waals surface area contributed by atoms with Crippen LogP contribution in [0.2, 0.25) is 0 Å². The molecule has 0 bridgehead atoms. The van der Waals surface area contributed by atoms with Crippen molar-refractivity contribution in [2.45, 2.75) is 26.8 Å². The normalized spacial score (nSPS) is 11.1. The smallest absolute Gasteiger partial charge is 0.140 e. The Bertz CT molecular complexity index is 509. The van der Waals surface area contributed by atoms with Crippen molar-refractivity contribution in [3.05, 3.63) is 29.5 Å². The Morgan fingerprint density at radius 1 is 1.41 bits per heavy atom. The highest BCUT2D eigenvalue weighted by atomic mass is 15.3. The van der Waals surface area contributed by atoms with Gasteiger partial charge in [0.05, 0.1) is 5.69 Å². The first-order valence-electron chi connectivity index (χ1n) is 5.88. The predicted molar refractivity (Wildman–Crippen MR) is 67.2 cm³/mol. The molecule has 2 aromatic heterocycles. The summed E-state index contributed by atoms with van der Waals surface area (Å²) >= 11 is 0. The van der Waals surface area contributed by atoms with Crippen LogP contribution in [-0.2, 0) is 20.0 Å². The van der Waals surface area contributed by atoms with E-state index in [4.69, 9.17) is 0 Å². The van der Waals surface area contributed by atoms with Gasteiger partial charge in [0, 0.05) is 38.0 Å². The summed E-state index contributed by atoms with van der Waals surface area (Å²) in [6.45, 7) is 4.97. The van der Waals surface area contributed by atoms with Crippen LogP contribution in [0, 0.1) is 6.92 Å². The maximum absolute atomic E-state index is 4.49. The van der Waals surface area contributed by atoms with Crippen molar-refractivity contribution in [1.29, 1.82) is 0 Å². The molecule has 0 aliphatic heterocycles. The number of rotatable bonds is 4. The lowest BCUT2D eigenvalue weighted by atomic mass is 10.2. The molecule has 2 aromatic rings. The van der Waals surface area contributed by atoms with Crippen molar-refractivity contribution >= 4 is 0 Å². The summed E-state index contributed by atoms with van der Waals surface area (Å²) in [5, 5.41) is 7.68. The molecule has 2 rings (SSSR count). The summed E-state index contributed by atoms with van der Waals surface area (Å²) in [6, 6.07) is 0. The van der Waals surface area contributed by atoms with E-state index in [0.717, 1.165) is 30.3 Å². The molecule has 0 aromatic carbocycles. The zero-order chi connectivity index (χ0) is 12.4. The second-order valence-electron chi connectivity index (χ2n) is 4.11. The van der Waals surface area contributed by atoms with Crippen LogP contribution in [0.1, 0.15) is 24.0 Å². The number of nitrogens with zero attached hydrogens (tertiary/aromatic N) is 4. The van der Waals surface area contributed by atoms with Crippen LogP contribution in [0.5, 0.6) is 0 Å². The molecule has 17 heavy (non-hydrogen) atoms. The molecular weight excluding hydrogens is 214 g/mol. The Balaban J connectivity index is 2.58. The summed E-state index contributed by atoms with van der Waals surface area (Å²) in [7, 11) is 3.92. The summed E-state index contributed by atoms with van der Waals surface area (Å²) < 4.78 is 4.04. The number of aryl methyl sites for hydroxylation is 3. The van der Waals surface area contributed by atoms with Crippen LogP contribution in [0.25, 0.3) is 5.82 Å². The van der Waals surface area contributed by atoms with Gasteiger partial charge < -0.3 is 5.32 Å². The standard InChI is InChI=1S/C12H19N5/c1-5-11-14-6-7-17(11)12-10(8-13-3)9(2)15-16(12)4/h6-7,13H,5,8H2,1-4H3. The van der Waals surface area contributed by atoms with Crippen molar-refractivity contribution in [1.82, 2.24) is 24.6 Å². The van der Waals surface area contributed by atoms with Gasteiger partial charge in [-0.2, -0.15) is 5.10 Å². The van der Waals surface area contributed by atoms with Crippen LogP contribution in [0.15, 0.2) is 12.4 Å². The molecular formula is C12H19N5. The third kappa shape index (κ3) is 1.98. The van der Waals surface area contributed by atoms with Crippen LogP contribution in [0.3, 0.4) is 0 Å². The highest BCUT2D eigenvalue weighted by Gasteiger charge is 2.15. The molecule has 0 aliphatic rings. The molecule has 5 heteroatoms. The second kappa shape index (κ2) is 4.71. The fraction of sp³-hybridized carbons (Fsp3) is 0.500. The van der Waals surface area contributed by atoms with Gasteiger partial charge >= 0.3 is 0 Å². The minimum absolute atomic E-state index is 0.816.